The fourth-order valence-electron chi connectivity index (χ4n) is 2.69. The highest BCUT2D eigenvalue weighted by Gasteiger charge is 2.49. The van der Waals surface area contributed by atoms with Crippen molar-refractivity contribution in [3.05, 3.63) is 23.8 Å². The van der Waals surface area contributed by atoms with Gasteiger partial charge in [0.15, 0.2) is 0 Å². The first-order valence-corrected chi connectivity index (χ1v) is 6.44. The van der Waals surface area contributed by atoms with Crippen LogP contribution in [0, 0.1) is 0 Å². The third kappa shape index (κ3) is 1.65. The summed E-state index contributed by atoms with van der Waals surface area (Å²) in [6.07, 6.45) is 2.65. The summed E-state index contributed by atoms with van der Waals surface area (Å²) < 4.78 is 0. The molecular weight excluding hydrogens is 242 g/mol. The minimum atomic E-state index is -0.503. The van der Waals surface area contributed by atoms with E-state index in [9.17, 15) is 9.59 Å². The molecule has 3 rings (SSSR count). The van der Waals surface area contributed by atoms with E-state index in [4.69, 9.17) is 5.84 Å². The van der Waals surface area contributed by atoms with Crippen LogP contribution in [-0.2, 0) is 15.0 Å². The van der Waals surface area contributed by atoms with Gasteiger partial charge in [-0.2, -0.15) is 0 Å². The number of carbonyl (C=O) groups is 2. The highest BCUT2D eigenvalue weighted by atomic mass is 16.2. The van der Waals surface area contributed by atoms with Crippen LogP contribution >= 0.6 is 0 Å². The molecule has 2 amide bonds. The van der Waals surface area contributed by atoms with Crippen LogP contribution in [0.15, 0.2) is 18.2 Å². The Hall–Kier alpha value is -1.88. The van der Waals surface area contributed by atoms with Crippen molar-refractivity contribution in [1.82, 2.24) is 0 Å². The summed E-state index contributed by atoms with van der Waals surface area (Å²) in [4.78, 5) is 25.1. The Morgan fingerprint density at radius 3 is 2.68 bits per heavy atom. The Labute approximate surface area is 111 Å². The van der Waals surface area contributed by atoms with Gasteiger partial charge in [-0.05, 0) is 44.4 Å². The molecule has 1 aromatic carbocycles. The number of benzene rings is 1. The smallest absolute Gasteiger partial charge is 0.237 e. The van der Waals surface area contributed by atoms with E-state index >= 15 is 0 Å². The molecule has 2 N–H and O–H groups in total. The fraction of sp³-hybridized carbons (Fsp3) is 0.429. The predicted octanol–water partition coefficient (Wildman–Crippen LogP) is 1.31. The number of anilines is 2. The molecule has 2 aliphatic rings. The van der Waals surface area contributed by atoms with Gasteiger partial charge >= 0.3 is 0 Å². The lowest BCUT2D eigenvalue weighted by atomic mass is 9.86. The molecular formula is C14H17N3O2. The van der Waals surface area contributed by atoms with Gasteiger partial charge in [-0.3, -0.25) is 14.6 Å². The van der Waals surface area contributed by atoms with E-state index in [1.165, 1.54) is 0 Å². The number of rotatable bonds is 3. The maximum atomic E-state index is 12.5. The Bertz CT molecular complexity index is 564. The zero-order valence-electron chi connectivity index (χ0n) is 11.1. The van der Waals surface area contributed by atoms with Gasteiger partial charge in [0.25, 0.3) is 0 Å². The second kappa shape index (κ2) is 3.81. The molecule has 1 fully saturated rings. The molecule has 1 aliphatic heterocycles. The molecule has 0 radical (unpaired) electrons. The van der Waals surface area contributed by atoms with E-state index in [0.29, 0.717) is 18.1 Å². The third-order valence-electron chi connectivity index (χ3n) is 3.99. The first-order valence-electron chi connectivity index (χ1n) is 6.44. The van der Waals surface area contributed by atoms with E-state index in [-0.39, 0.29) is 5.91 Å². The Morgan fingerprint density at radius 1 is 1.42 bits per heavy atom. The van der Waals surface area contributed by atoms with Crippen LogP contribution in [-0.4, -0.2) is 18.4 Å². The average molecular weight is 259 g/mol. The lowest BCUT2D eigenvalue weighted by Gasteiger charge is -2.20. The van der Waals surface area contributed by atoms with Crippen LogP contribution in [0.3, 0.4) is 0 Å². The molecule has 0 aromatic heterocycles. The molecule has 1 aliphatic carbocycles. The van der Waals surface area contributed by atoms with Crippen LogP contribution in [0.5, 0.6) is 0 Å². The molecule has 19 heavy (non-hydrogen) atoms. The molecule has 5 nitrogen and oxygen atoms in total. The topological polar surface area (TPSA) is 66.6 Å². The highest BCUT2D eigenvalue weighted by molar-refractivity contribution is 6.09. The van der Waals surface area contributed by atoms with Crippen molar-refractivity contribution in [2.24, 2.45) is 5.84 Å². The normalized spacial score (nSPS) is 20.4. The van der Waals surface area contributed by atoms with Gasteiger partial charge in [0.2, 0.25) is 12.3 Å². The summed E-state index contributed by atoms with van der Waals surface area (Å²) in [6.45, 7) is 3.88. The van der Waals surface area contributed by atoms with Gasteiger partial charge in [-0.1, -0.05) is 6.07 Å². The number of amides is 2. The summed E-state index contributed by atoms with van der Waals surface area (Å²) >= 11 is 0. The molecule has 0 spiro atoms. The molecule has 0 saturated heterocycles. The van der Waals surface area contributed by atoms with Crippen molar-refractivity contribution in [1.29, 1.82) is 0 Å². The Kier molecular flexibility index (Phi) is 2.44. The van der Waals surface area contributed by atoms with Crippen LogP contribution in [0.4, 0.5) is 11.4 Å². The van der Waals surface area contributed by atoms with E-state index in [0.717, 1.165) is 29.1 Å². The summed E-state index contributed by atoms with van der Waals surface area (Å²) in [7, 11) is 0. The number of hydrogen-bond donors (Lipinski definition) is 1. The van der Waals surface area contributed by atoms with Crippen LogP contribution in [0.2, 0.25) is 0 Å². The van der Waals surface area contributed by atoms with Gasteiger partial charge in [-0.15, -0.1) is 0 Å². The Morgan fingerprint density at radius 2 is 2.11 bits per heavy atom. The van der Waals surface area contributed by atoms with Crippen LogP contribution in [0.1, 0.15) is 32.3 Å². The van der Waals surface area contributed by atoms with Gasteiger partial charge in [0.05, 0.1) is 16.8 Å². The number of nitrogens with zero attached hydrogens (tertiary/aromatic N) is 2. The van der Waals surface area contributed by atoms with Crippen LogP contribution in [0.25, 0.3) is 0 Å². The SMILES string of the molecule is CC1(C)C(=O)N(C2CC2)c2cc(N(N)C=O)ccc21. The maximum absolute atomic E-state index is 12.5. The van der Waals surface area contributed by atoms with Crippen molar-refractivity contribution < 1.29 is 9.59 Å². The summed E-state index contributed by atoms with van der Waals surface area (Å²) in [6, 6.07) is 5.81. The molecule has 1 saturated carbocycles. The quantitative estimate of drug-likeness (QED) is 0.385. The van der Waals surface area contributed by atoms with Gasteiger partial charge < -0.3 is 4.90 Å². The standard InChI is InChI=1S/C14H17N3O2/c1-14(2)11-6-5-10(16(15)8-18)7-12(11)17(13(14)19)9-3-4-9/h5-9H,3-4,15H2,1-2H3. The molecule has 0 bridgehead atoms. The molecule has 1 aromatic rings. The zero-order valence-corrected chi connectivity index (χ0v) is 11.1. The predicted molar refractivity (Wildman–Crippen MR) is 72.7 cm³/mol. The van der Waals surface area contributed by atoms with Crippen molar-refractivity contribution >= 4 is 23.7 Å². The minimum Gasteiger partial charge on any atom is -0.308 e. The van der Waals surface area contributed by atoms with Crippen molar-refractivity contribution in [3.8, 4) is 0 Å². The fourth-order valence-corrected chi connectivity index (χ4v) is 2.69. The number of fused-ring (bicyclic) bond motifs is 1. The lowest BCUT2D eigenvalue weighted by Crippen LogP contribution is -2.37. The average Bonchev–Trinajstić information content (AvgIpc) is 3.19. The second-order valence-corrected chi connectivity index (χ2v) is 5.75. The Balaban J connectivity index is 2.12. The summed E-state index contributed by atoms with van der Waals surface area (Å²) in [5.74, 6) is 5.73. The van der Waals surface area contributed by atoms with Crippen molar-refractivity contribution in [2.75, 3.05) is 9.91 Å². The number of nitrogens with two attached hydrogens (primary N) is 1. The van der Waals surface area contributed by atoms with E-state index in [1.54, 1.807) is 6.07 Å². The number of carbonyl (C=O) groups excluding carboxylic acids is 2. The van der Waals surface area contributed by atoms with E-state index in [2.05, 4.69) is 0 Å². The second-order valence-electron chi connectivity index (χ2n) is 5.75. The maximum Gasteiger partial charge on any atom is 0.237 e. The summed E-state index contributed by atoms with van der Waals surface area (Å²) in [5.41, 5.74) is 2.00. The first kappa shape index (κ1) is 12.2. The largest absolute Gasteiger partial charge is 0.308 e. The molecule has 100 valence electrons. The molecule has 0 atom stereocenters. The molecule has 0 unspecified atom stereocenters. The van der Waals surface area contributed by atoms with E-state index in [1.807, 2.05) is 30.9 Å². The monoisotopic (exact) mass is 259 g/mol. The molecule has 1 heterocycles. The first-order chi connectivity index (χ1) is 8.96. The summed E-state index contributed by atoms with van der Waals surface area (Å²) in [5, 5.41) is 1.03. The van der Waals surface area contributed by atoms with Gasteiger partial charge in [0.1, 0.15) is 0 Å². The van der Waals surface area contributed by atoms with Gasteiger partial charge in [0, 0.05) is 6.04 Å². The van der Waals surface area contributed by atoms with Crippen LogP contribution < -0.4 is 15.8 Å². The molecule has 5 heteroatoms. The van der Waals surface area contributed by atoms with Gasteiger partial charge in [-0.25, -0.2) is 5.84 Å². The minimum absolute atomic E-state index is 0.136. The van der Waals surface area contributed by atoms with Crippen molar-refractivity contribution in [2.45, 2.75) is 38.1 Å². The lowest BCUT2D eigenvalue weighted by molar-refractivity contribution is -0.122. The number of hydrogen-bond acceptors (Lipinski definition) is 3. The zero-order chi connectivity index (χ0) is 13.8. The van der Waals surface area contributed by atoms with E-state index < -0.39 is 5.41 Å². The highest BCUT2D eigenvalue weighted by Crippen LogP contribution is 2.47. The number of hydrazine groups is 1. The van der Waals surface area contributed by atoms with Crippen molar-refractivity contribution in [3.63, 3.8) is 0 Å². The third-order valence-corrected chi connectivity index (χ3v) is 3.99.